The Morgan fingerprint density at radius 3 is 2.09 bits per heavy atom. The maximum absolute atomic E-state index is 12.4. The number of aryl methyl sites for hydroxylation is 2. The van der Waals surface area contributed by atoms with Crippen LogP contribution in [-0.4, -0.2) is 79.4 Å². The third kappa shape index (κ3) is 6.03. The lowest BCUT2D eigenvalue weighted by atomic mass is 9.87. The number of nitrogens with zero attached hydrogens (tertiary/aromatic N) is 8. The molecule has 1 N–H and O–H groups in total. The molecule has 14 heteroatoms. The first kappa shape index (κ1) is 31.4. The van der Waals surface area contributed by atoms with Gasteiger partial charge in [0.2, 0.25) is 11.8 Å². The van der Waals surface area contributed by atoms with E-state index in [1.54, 1.807) is 45.0 Å². The second-order valence-electron chi connectivity index (χ2n) is 12.3. The fraction of sp³-hybridized carbons (Fsp3) is 0.364. The van der Waals surface area contributed by atoms with Crippen LogP contribution >= 0.6 is 34.3 Å². The molecule has 0 bridgehead atoms. The molecule has 2 amide bonds. The Balaban J connectivity index is 0.000000161. The highest BCUT2D eigenvalue weighted by molar-refractivity contribution is 7.19. The van der Waals surface area contributed by atoms with Crippen LogP contribution in [0.3, 0.4) is 0 Å². The number of carbonyl (C=O) groups is 2. The fourth-order valence-corrected chi connectivity index (χ4v) is 9.40. The van der Waals surface area contributed by atoms with Crippen molar-refractivity contribution in [1.82, 2.24) is 39.3 Å². The Hall–Kier alpha value is -4.20. The summed E-state index contributed by atoms with van der Waals surface area (Å²) < 4.78 is 1.83. The molecular formula is C33H34ClN9O2S2. The average molecular weight is 688 g/mol. The molecule has 2 atom stereocenters. The Morgan fingerprint density at radius 2 is 1.45 bits per heavy atom. The van der Waals surface area contributed by atoms with Crippen molar-refractivity contribution < 1.29 is 9.59 Å². The first-order valence-electron chi connectivity index (χ1n) is 15.5. The van der Waals surface area contributed by atoms with Crippen LogP contribution in [0.15, 0.2) is 43.2 Å². The summed E-state index contributed by atoms with van der Waals surface area (Å²) in [7, 11) is 7.28. The largest absolute Gasteiger partial charge is 0.349 e. The van der Waals surface area contributed by atoms with Crippen molar-refractivity contribution in [2.24, 2.45) is 11.8 Å². The van der Waals surface area contributed by atoms with E-state index in [4.69, 9.17) is 11.6 Å². The summed E-state index contributed by atoms with van der Waals surface area (Å²) >= 11 is 9.49. The van der Waals surface area contributed by atoms with Gasteiger partial charge in [-0.25, -0.2) is 24.5 Å². The van der Waals surface area contributed by atoms with Crippen LogP contribution in [0.2, 0.25) is 5.15 Å². The number of thiophene rings is 2. The van der Waals surface area contributed by atoms with E-state index in [0.29, 0.717) is 5.15 Å². The van der Waals surface area contributed by atoms with Gasteiger partial charge in [-0.15, -0.1) is 22.7 Å². The highest BCUT2D eigenvalue weighted by Crippen LogP contribution is 2.41. The van der Waals surface area contributed by atoms with Crippen molar-refractivity contribution in [3.05, 3.63) is 69.3 Å². The Labute approximate surface area is 284 Å². The summed E-state index contributed by atoms with van der Waals surface area (Å²) in [5.41, 5.74) is 4.52. The summed E-state index contributed by atoms with van der Waals surface area (Å²) in [5.74, 6) is 1.39. The van der Waals surface area contributed by atoms with Crippen LogP contribution in [0, 0.1) is 11.8 Å². The molecule has 0 aromatic carbocycles. The first-order chi connectivity index (χ1) is 22.7. The van der Waals surface area contributed by atoms with Gasteiger partial charge in [-0.05, 0) is 67.9 Å². The maximum atomic E-state index is 12.4. The highest BCUT2D eigenvalue weighted by Gasteiger charge is 2.31. The van der Waals surface area contributed by atoms with E-state index in [1.807, 2.05) is 57.1 Å². The number of halogens is 1. The van der Waals surface area contributed by atoms with Crippen LogP contribution in [0.5, 0.6) is 0 Å². The van der Waals surface area contributed by atoms with Crippen LogP contribution < -0.4 is 5.32 Å². The third-order valence-corrected chi connectivity index (χ3v) is 11.5. The van der Waals surface area contributed by atoms with Gasteiger partial charge in [0.05, 0.1) is 16.3 Å². The van der Waals surface area contributed by atoms with Gasteiger partial charge in [-0.2, -0.15) is 5.10 Å². The topological polar surface area (TPSA) is 122 Å². The molecule has 6 heterocycles. The number of nitrogens with one attached hydrogen (secondary N) is 1. The minimum Gasteiger partial charge on any atom is -0.349 e. The molecule has 8 rings (SSSR count). The van der Waals surface area contributed by atoms with E-state index >= 15 is 0 Å². The zero-order chi connectivity index (χ0) is 32.8. The number of anilines is 2. The molecule has 0 fully saturated rings. The minimum absolute atomic E-state index is 0.0594. The highest BCUT2D eigenvalue weighted by atomic mass is 35.5. The van der Waals surface area contributed by atoms with Gasteiger partial charge in [0.15, 0.2) is 0 Å². The normalized spacial score (nSPS) is 17.1. The van der Waals surface area contributed by atoms with E-state index < -0.39 is 0 Å². The van der Waals surface area contributed by atoms with Crippen molar-refractivity contribution in [3.8, 4) is 0 Å². The predicted octanol–water partition coefficient (Wildman–Crippen LogP) is 5.81. The Morgan fingerprint density at radius 1 is 0.851 bits per heavy atom. The zero-order valence-corrected chi connectivity index (χ0v) is 28.9. The minimum atomic E-state index is 0.0594. The van der Waals surface area contributed by atoms with Gasteiger partial charge in [0, 0.05) is 67.9 Å². The molecule has 242 valence electrons. The quantitative estimate of drug-likeness (QED) is 0.231. The molecule has 0 radical (unpaired) electrons. The van der Waals surface area contributed by atoms with Crippen molar-refractivity contribution >= 4 is 83.5 Å². The number of rotatable bonds is 4. The van der Waals surface area contributed by atoms with Crippen molar-refractivity contribution in [1.29, 1.82) is 0 Å². The molecule has 2 unspecified atom stereocenters. The average Bonchev–Trinajstić information content (AvgIpc) is 3.79. The van der Waals surface area contributed by atoms with E-state index in [9.17, 15) is 9.59 Å². The zero-order valence-electron chi connectivity index (χ0n) is 26.5. The fourth-order valence-electron chi connectivity index (χ4n) is 6.56. The molecule has 0 saturated heterocycles. The van der Waals surface area contributed by atoms with E-state index in [1.165, 1.54) is 27.2 Å². The van der Waals surface area contributed by atoms with Gasteiger partial charge < -0.3 is 15.1 Å². The van der Waals surface area contributed by atoms with Gasteiger partial charge in [-0.1, -0.05) is 11.6 Å². The Kier molecular flexibility index (Phi) is 8.54. The molecule has 2 aliphatic carbocycles. The molecule has 11 nitrogen and oxygen atoms in total. The maximum Gasteiger partial charge on any atom is 0.225 e. The summed E-state index contributed by atoms with van der Waals surface area (Å²) in [5, 5.41) is 10.3. The smallest absolute Gasteiger partial charge is 0.225 e. The number of fused-ring (bicyclic) bond motifs is 7. The number of aromatic nitrogens is 6. The van der Waals surface area contributed by atoms with Crippen LogP contribution in [0.1, 0.15) is 33.7 Å². The molecule has 2 aliphatic rings. The van der Waals surface area contributed by atoms with Crippen molar-refractivity contribution in [2.75, 3.05) is 33.5 Å². The van der Waals surface area contributed by atoms with E-state index in [0.717, 1.165) is 76.0 Å². The van der Waals surface area contributed by atoms with Crippen molar-refractivity contribution in [2.45, 2.75) is 38.5 Å². The molecule has 0 aliphatic heterocycles. The molecule has 47 heavy (non-hydrogen) atoms. The molecule has 6 aromatic rings. The summed E-state index contributed by atoms with van der Waals surface area (Å²) in [6.07, 6.45) is 11.9. The summed E-state index contributed by atoms with van der Waals surface area (Å²) in [6, 6.07) is 6.00. The van der Waals surface area contributed by atoms with Crippen LogP contribution in [0.25, 0.3) is 25.9 Å². The summed E-state index contributed by atoms with van der Waals surface area (Å²) in [4.78, 5) is 49.6. The lowest BCUT2D eigenvalue weighted by Crippen LogP contribution is -2.32. The van der Waals surface area contributed by atoms with Crippen LogP contribution in [-0.2, 0) is 35.3 Å². The monoisotopic (exact) mass is 687 g/mol. The predicted molar refractivity (Wildman–Crippen MR) is 187 cm³/mol. The molecular weight excluding hydrogens is 654 g/mol. The van der Waals surface area contributed by atoms with Gasteiger partial charge in [0.1, 0.15) is 33.3 Å². The number of pyridine rings is 1. The van der Waals surface area contributed by atoms with E-state index in [2.05, 4.69) is 30.4 Å². The second kappa shape index (κ2) is 12.8. The SMILES string of the molecule is CN(C)C(=O)C1CCc2c(sc3ncnc(Cl)c23)C1.CN(C)C(=O)C1CCc2c(sc3ncnc(Nc4ccn5nccc5c4)c23)C1. The van der Waals surface area contributed by atoms with E-state index in [-0.39, 0.29) is 23.7 Å². The first-order valence-corrected chi connectivity index (χ1v) is 17.5. The standard InChI is InChI=1S/C20H20N6OS.C13H14ClN3OS/c1-25(2)20(27)12-3-4-15-16(9-12)28-19-17(15)18(21-11-22-19)24-13-6-8-26-14(10-13)5-7-23-26;1-17(2)13(18)7-3-4-8-9(5-7)19-12-10(8)11(14)15-6-16-12/h5-8,10-12H,3-4,9H2,1-2H3,(H,21,22,24);6-7H,3-5H2,1-2H3. The van der Waals surface area contributed by atoms with Gasteiger partial charge in [0.25, 0.3) is 0 Å². The number of hydrogen-bond donors (Lipinski definition) is 1. The molecule has 6 aromatic heterocycles. The van der Waals surface area contributed by atoms with Crippen LogP contribution in [0.4, 0.5) is 11.5 Å². The number of hydrogen-bond acceptors (Lipinski definition) is 10. The number of carbonyl (C=O) groups excluding carboxylic acids is 2. The second-order valence-corrected chi connectivity index (χ2v) is 14.9. The summed E-state index contributed by atoms with van der Waals surface area (Å²) in [6.45, 7) is 0. The van der Waals surface area contributed by atoms with Gasteiger partial charge >= 0.3 is 0 Å². The molecule has 0 saturated carbocycles. The Bertz CT molecular complexity index is 2140. The van der Waals surface area contributed by atoms with Gasteiger partial charge in [-0.3, -0.25) is 9.59 Å². The lowest BCUT2D eigenvalue weighted by Gasteiger charge is -2.24. The molecule has 0 spiro atoms. The number of amides is 2. The van der Waals surface area contributed by atoms with Crippen molar-refractivity contribution in [3.63, 3.8) is 0 Å². The lowest BCUT2D eigenvalue weighted by molar-refractivity contribution is -0.134. The third-order valence-electron chi connectivity index (χ3n) is 8.89.